The van der Waals surface area contributed by atoms with E-state index in [9.17, 15) is 13.2 Å². The Hall–Kier alpha value is -0.800. The second kappa shape index (κ2) is 3.75. The van der Waals surface area contributed by atoms with Gasteiger partial charge in [-0.2, -0.15) is 13.2 Å². The van der Waals surface area contributed by atoms with Crippen LogP contribution >= 0.6 is 0 Å². The molecule has 0 fully saturated rings. The number of aliphatic imine (C=N–C) groups is 1. The molecule has 2 atom stereocenters. The molecule has 1 rings (SSSR count). The number of dihydropyridines is 1. The second-order valence-corrected chi connectivity index (χ2v) is 3.96. The van der Waals surface area contributed by atoms with Crippen molar-refractivity contribution in [1.82, 2.24) is 0 Å². The molecule has 0 aromatic heterocycles. The van der Waals surface area contributed by atoms with E-state index in [0.29, 0.717) is 5.57 Å². The first-order chi connectivity index (χ1) is 6.34. The van der Waals surface area contributed by atoms with E-state index in [-0.39, 0.29) is 5.92 Å². The van der Waals surface area contributed by atoms with Gasteiger partial charge in [0.1, 0.15) is 0 Å². The molecule has 0 radical (unpaired) electrons. The second-order valence-electron chi connectivity index (χ2n) is 3.96. The molecule has 0 aliphatic carbocycles. The van der Waals surface area contributed by atoms with E-state index >= 15 is 0 Å². The van der Waals surface area contributed by atoms with Crippen molar-refractivity contribution in [3.05, 3.63) is 11.6 Å². The smallest absolute Gasteiger partial charge is 0.289 e. The van der Waals surface area contributed by atoms with E-state index in [1.807, 2.05) is 0 Å². The first-order valence-corrected chi connectivity index (χ1v) is 4.60. The largest absolute Gasteiger partial charge is 0.397 e. The average molecular weight is 205 g/mol. The zero-order chi connectivity index (χ0) is 10.9. The highest BCUT2D eigenvalue weighted by atomic mass is 19.4. The van der Waals surface area contributed by atoms with Crippen LogP contribution in [0.25, 0.3) is 0 Å². The maximum Gasteiger partial charge on any atom is 0.397 e. The van der Waals surface area contributed by atoms with Gasteiger partial charge in [0.2, 0.25) is 0 Å². The van der Waals surface area contributed by atoms with Gasteiger partial charge in [0.15, 0.2) is 0 Å². The molecular weight excluding hydrogens is 191 g/mol. The number of allylic oxidation sites excluding steroid dienone is 1. The molecule has 0 bridgehead atoms. The van der Waals surface area contributed by atoms with Crippen molar-refractivity contribution < 1.29 is 13.2 Å². The fourth-order valence-corrected chi connectivity index (χ4v) is 1.73. The molecule has 80 valence electrons. The minimum absolute atomic E-state index is 0.0958. The van der Waals surface area contributed by atoms with E-state index < -0.39 is 18.1 Å². The zero-order valence-electron chi connectivity index (χ0n) is 8.47. The van der Waals surface area contributed by atoms with Crippen LogP contribution in [0.2, 0.25) is 0 Å². The summed E-state index contributed by atoms with van der Waals surface area (Å²) in [6.45, 7) is 5.04. The lowest BCUT2D eigenvalue weighted by molar-refractivity contribution is -0.171. The van der Waals surface area contributed by atoms with Gasteiger partial charge in [-0.15, -0.1) is 0 Å². The lowest BCUT2D eigenvalue weighted by Crippen LogP contribution is -2.38. The molecule has 0 saturated heterocycles. The molecule has 0 aromatic carbocycles. The van der Waals surface area contributed by atoms with Crippen LogP contribution in [0.5, 0.6) is 0 Å². The number of nitrogens with zero attached hydrogens (tertiary/aromatic N) is 1. The summed E-state index contributed by atoms with van der Waals surface area (Å²) < 4.78 is 38.1. The van der Waals surface area contributed by atoms with Crippen LogP contribution in [0, 0.1) is 11.8 Å². The lowest BCUT2D eigenvalue weighted by Gasteiger charge is -2.31. The van der Waals surface area contributed by atoms with Gasteiger partial charge in [-0.1, -0.05) is 19.4 Å². The average Bonchev–Trinajstić information content (AvgIpc) is 2.01. The minimum atomic E-state index is -4.19. The third kappa shape index (κ3) is 2.16. The maximum atomic E-state index is 12.7. The zero-order valence-corrected chi connectivity index (χ0v) is 8.47. The summed E-state index contributed by atoms with van der Waals surface area (Å²) in [7, 11) is 0. The Morgan fingerprint density at radius 3 is 2.29 bits per heavy atom. The van der Waals surface area contributed by atoms with Crippen LogP contribution in [0.1, 0.15) is 20.8 Å². The number of alkyl halides is 3. The van der Waals surface area contributed by atoms with Gasteiger partial charge >= 0.3 is 6.18 Å². The van der Waals surface area contributed by atoms with Crippen molar-refractivity contribution in [3.8, 4) is 0 Å². The Kier molecular flexibility index (Phi) is 3.02. The van der Waals surface area contributed by atoms with E-state index in [1.54, 1.807) is 13.8 Å². The SMILES string of the molecule is CC1=CC=NC(C(C)C)C1C(F)(F)F. The van der Waals surface area contributed by atoms with Gasteiger partial charge in [0.05, 0.1) is 12.0 Å². The van der Waals surface area contributed by atoms with Crippen LogP contribution in [-0.2, 0) is 0 Å². The van der Waals surface area contributed by atoms with Gasteiger partial charge < -0.3 is 0 Å². The fraction of sp³-hybridized carbons (Fsp3) is 0.700. The van der Waals surface area contributed by atoms with Crippen molar-refractivity contribution in [3.63, 3.8) is 0 Å². The molecule has 1 aliphatic heterocycles. The first kappa shape index (κ1) is 11.3. The van der Waals surface area contributed by atoms with Crippen LogP contribution in [0.4, 0.5) is 13.2 Å². The lowest BCUT2D eigenvalue weighted by atomic mass is 9.84. The summed E-state index contributed by atoms with van der Waals surface area (Å²) in [5.41, 5.74) is 0.353. The molecule has 0 N–H and O–H groups in total. The van der Waals surface area contributed by atoms with Gasteiger partial charge in [0.25, 0.3) is 0 Å². The van der Waals surface area contributed by atoms with E-state index in [1.165, 1.54) is 19.2 Å². The third-order valence-corrected chi connectivity index (χ3v) is 2.46. The Labute approximate surface area is 81.7 Å². The summed E-state index contributed by atoms with van der Waals surface area (Å²) in [6, 6.07) is -0.667. The number of hydrogen-bond acceptors (Lipinski definition) is 1. The van der Waals surface area contributed by atoms with E-state index in [2.05, 4.69) is 4.99 Å². The van der Waals surface area contributed by atoms with Gasteiger partial charge in [-0.3, -0.25) is 4.99 Å². The van der Waals surface area contributed by atoms with Crippen LogP contribution in [0.15, 0.2) is 16.6 Å². The van der Waals surface area contributed by atoms with Crippen molar-refractivity contribution in [1.29, 1.82) is 0 Å². The van der Waals surface area contributed by atoms with Gasteiger partial charge in [-0.25, -0.2) is 0 Å². The Morgan fingerprint density at radius 1 is 1.36 bits per heavy atom. The highest BCUT2D eigenvalue weighted by molar-refractivity contribution is 5.73. The molecule has 0 aromatic rings. The van der Waals surface area contributed by atoms with E-state index in [4.69, 9.17) is 0 Å². The highest BCUT2D eigenvalue weighted by Crippen LogP contribution is 2.39. The number of hydrogen-bond donors (Lipinski definition) is 0. The predicted octanol–water partition coefficient (Wildman–Crippen LogP) is 3.22. The molecule has 2 unspecified atom stereocenters. The first-order valence-electron chi connectivity index (χ1n) is 4.60. The molecule has 0 saturated carbocycles. The molecule has 1 nitrogen and oxygen atoms in total. The van der Waals surface area contributed by atoms with E-state index in [0.717, 1.165) is 0 Å². The maximum absolute atomic E-state index is 12.7. The summed E-state index contributed by atoms with van der Waals surface area (Å²) in [5.74, 6) is -1.51. The summed E-state index contributed by atoms with van der Waals surface area (Å²) in [6.07, 6.45) is -1.27. The summed E-state index contributed by atoms with van der Waals surface area (Å²) in [5, 5.41) is 0. The van der Waals surface area contributed by atoms with Crippen molar-refractivity contribution in [2.24, 2.45) is 16.8 Å². The number of rotatable bonds is 1. The van der Waals surface area contributed by atoms with Crippen LogP contribution in [0.3, 0.4) is 0 Å². The third-order valence-electron chi connectivity index (χ3n) is 2.46. The predicted molar refractivity (Wildman–Crippen MR) is 50.4 cm³/mol. The molecular formula is C10H14F3N. The summed E-state index contributed by atoms with van der Waals surface area (Å²) >= 11 is 0. The Morgan fingerprint density at radius 2 is 1.93 bits per heavy atom. The number of halogens is 3. The van der Waals surface area contributed by atoms with Crippen molar-refractivity contribution in [2.45, 2.75) is 33.0 Å². The van der Waals surface area contributed by atoms with Crippen LogP contribution < -0.4 is 0 Å². The quantitative estimate of drug-likeness (QED) is 0.623. The molecule has 14 heavy (non-hydrogen) atoms. The molecule has 1 aliphatic rings. The standard InChI is InChI=1S/C10H14F3N/c1-6(2)9-8(10(11,12)13)7(3)4-5-14-9/h4-6,8-9H,1-3H3. The molecule has 1 heterocycles. The minimum Gasteiger partial charge on any atom is -0.289 e. The highest BCUT2D eigenvalue weighted by Gasteiger charge is 2.47. The molecule has 0 amide bonds. The molecule has 0 spiro atoms. The van der Waals surface area contributed by atoms with Crippen molar-refractivity contribution >= 4 is 6.21 Å². The molecule has 4 heteroatoms. The fourth-order valence-electron chi connectivity index (χ4n) is 1.73. The monoisotopic (exact) mass is 205 g/mol. The Balaban J connectivity index is 2.98. The summed E-state index contributed by atoms with van der Waals surface area (Å²) in [4.78, 5) is 3.91. The van der Waals surface area contributed by atoms with Gasteiger partial charge in [-0.05, 0) is 18.9 Å². The van der Waals surface area contributed by atoms with Crippen molar-refractivity contribution in [2.75, 3.05) is 0 Å². The normalized spacial score (nSPS) is 28.1. The topological polar surface area (TPSA) is 12.4 Å². The Bertz CT molecular complexity index is 263. The van der Waals surface area contributed by atoms with Gasteiger partial charge in [0, 0.05) is 6.21 Å². The van der Waals surface area contributed by atoms with Crippen LogP contribution in [-0.4, -0.2) is 18.4 Å².